The van der Waals surface area contributed by atoms with Gasteiger partial charge in [-0.1, -0.05) is 20.8 Å². The molecule has 3 rings (SSSR count). The van der Waals surface area contributed by atoms with Gasteiger partial charge in [-0.25, -0.2) is 4.98 Å². The molecule has 4 nitrogen and oxygen atoms in total. The van der Waals surface area contributed by atoms with Gasteiger partial charge in [0, 0.05) is 24.2 Å². The van der Waals surface area contributed by atoms with E-state index in [2.05, 4.69) is 44.4 Å². The van der Waals surface area contributed by atoms with E-state index in [1.807, 2.05) is 23.1 Å². The van der Waals surface area contributed by atoms with E-state index in [0.29, 0.717) is 11.5 Å². The maximum Gasteiger partial charge on any atom is 0.127 e. The molecular formula is C16H24N4S. The molecule has 1 aliphatic rings. The second-order valence-electron chi connectivity index (χ2n) is 6.73. The molecule has 1 N–H and O–H groups in total. The van der Waals surface area contributed by atoms with Crippen molar-refractivity contribution in [3.8, 4) is 10.6 Å². The second-order valence-corrected chi connectivity index (χ2v) is 7.76. The molecule has 0 aromatic carbocycles. The average Bonchev–Trinajstić information content (AvgIpc) is 2.99. The Morgan fingerprint density at radius 1 is 1.48 bits per heavy atom. The molecule has 5 heteroatoms. The minimum absolute atomic E-state index is 0.314. The number of aromatic nitrogens is 3. The summed E-state index contributed by atoms with van der Waals surface area (Å²) in [4.78, 5) is 6.38. The minimum atomic E-state index is 0.314. The number of hydrogen-bond acceptors (Lipinski definition) is 4. The first-order chi connectivity index (χ1) is 9.93. The summed E-state index contributed by atoms with van der Waals surface area (Å²) in [6, 6.07) is 0.428. The molecule has 0 saturated heterocycles. The van der Waals surface area contributed by atoms with Crippen molar-refractivity contribution in [1.29, 1.82) is 0 Å². The zero-order valence-corrected chi connectivity index (χ0v) is 14.3. The zero-order chi connectivity index (χ0) is 15.2. The second kappa shape index (κ2) is 5.21. The SMILES string of the molecule is CCc1nn(C)cc1-c1nc2c(s1)C(NC)CC(C)(C)C2. The average molecular weight is 304 g/mol. The van der Waals surface area contributed by atoms with Gasteiger partial charge in [-0.2, -0.15) is 5.10 Å². The van der Waals surface area contributed by atoms with Crippen LogP contribution >= 0.6 is 11.3 Å². The van der Waals surface area contributed by atoms with Gasteiger partial charge in [-0.05, 0) is 31.7 Å². The van der Waals surface area contributed by atoms with Crippen LogP contribution in [0, 0.1) is 5.41 Å². The predicted molar refractivity (Wildman–Crippen MR) is 87.6 cm³/mol. The Balaban J connectivity index is 2.06. The third kappa shape index (κ3) is 2.64. The van der Waals surface area contributed by atoms with Gasteiger partial charge in [0.25, 0.3) is 0 Å². The molecule has 0 fully saturated rings. The van der Waals surface area contributed by atoms with Crippen LogP contribution in [0.15, 0.2) is 6.20 Å². The first-order valence-electron chi connectivity index (χ1n) is 7.63. The predicted octanol–water partition coefficient (Wildman–Crippen LogP) is 3.34. The largest absolute Gasteiger partial charge is 0.312 e. The van der Waals surface area contributed by atoms with Gasteiger partial charge >= 0.3 is 0 Å². The molecule has 2 aromatic rings. The molecule has 0 amide bonds. The highest BCUT2D eigenvalue weighted by Crippen LogP contribution is 2.44. The third-order valence-electron chi connectivity index (χ3n) is 4.27. The molecule has 0 radical (unpaired) electrons. The number of thiazole rings is 1. The highest BCUT2D eigenvalue weighted by atomic mass is 32.1. The number of hydrogen-bond donors (Lipinski definition) is 1. The number of nitrogens with zero attached hydrogens (tertiary/aromatic N) is 3. The molecule has 1 unspecified atom stereocenters. The Hall–Kier alpha value is -1.20. The summed E-state index contributed by atoms with van der Waals surface area (Å²) in [6.45, 7) is 6.82. The van der Waals surface area contributed by atoms with E-state index in [1.54, 1.807) is 0 Å². The number of aryl methyl sites for hydroxylation is 2. The van der Waals surface area contributed by atoms with Crippen molar-refractivity contribution < 1.29 is 0 Å². The minimum Gasteiger partial charge on any atom is -0.312 e. The van der Waals surface area contributed by atoms with E-state index in [1.165, 1.54) is 22.6 Å². The summed E-state index contributed by atoms with van der Waals surface area (Å²) in [5.74, 6) is 0. The molecule has 21 heavy (non-hydrogen) atoms. The first kappa shape index (κ1) is 14.7. The van der Waals surface area contributed by atoms with Gasteiger partial charge in [-0.3, -0.25) is 4.68 Å². The Labute approximate surface area is 130 Å². The lowest BCUT2D eigenvalue weighted by molar-refractivity contribution is 0.265. The van der Waals surface area contributed by atoms with Crippen LogP contribution < -0.4 is 5.32 Å². The van der Waals surface area contributed by atoms with Crippen molar-refractivity contribution in [1.82, 2.24) is 20.1 Å². The van der Waals surface area contributed by atoms with Gasteiger partial charge < -0.3 is 5.32 Å². The lowest BCUT2D eigenvalue weighted by atomic mass is 9.76. The van der Waals surface area contributed by atoms with Crippen LogP contribution in [0.4, 0.5) is 0 Å². The number of nitrogens with one attached hydrogen (secondary N) is 1. The summed E-state index contributed by atoms with van der Waals surface area (Å²) >= 11 is 1.84. The van der Waals surface area contributed by atoms with Crippen LogP contribution in [0.3, 0.4) is 0 Å². The quantitative estimate of drug-likeness (QED) is 0.945. The van der Waals surface area contributed by atoms with Crippen LogP contribution in [0.5, 0.6) is 0 Å². The van der Waals surface area contributed by atoms with E-state index in [9.17, 15) is 0 Å². The van der Waals surface area contributed by atoms with Crippen LogP contribution in [0.1, 0.15) is 49.5 Å². The molecule has 0 spiro atoms. The first-order valence-corrected chi connectivity index (χ1v) is 8.45. The van der Waals surface area contributed by atoms with Crippen LogP contribution in [-0.2, 0) is 19.9 Å². The Morgan fingerprint density at radius 3 is 2.90 bits per heavy atom. The number of fused-ring (bicyclic) bond motifs is 1. The van der Waals surface area contributed by atoms with E-state index >= 15 is 0 Å². The molecule has 2 heterocycles. The van der Waals surface area contributed by atoms with Gasteiger partial charge in [0.2, 0.25) is 0 Å². The fourth-order valence-electron chi connectivity index (χ4n) is 3.26. The van der Waals surface area contributed by atoms with Gasteiger partial charge in [0.1, 0.15) is 5.01 Å². The van der Waals surface area contributed by atoms with Crippen molar-refractivity contribution in [2.24, 2.45) is 12.5 Å². The van der Waals surface area contributed by atoms with Crippen LogP contribution in [-0.4, -0.2) is 21.8 Å². The van der Waals surface area contributed by atoms with Crippen molar-refractivity contribution in [3.63, 3.8) is 0 Å². The number of rotatable bonds is 3. The van der Waals surface area contributed by atoms with Crippen molar-refractivity contribution >= 4 is 11.3 Å². The Morgan fingerprint density at radius 2 is 2.24 bits per heavy atom. The maximum absolute atomic E-state index is 4.96. The summed E-state index contributed by atoms with van der Waals surface area (Å²) in [6.07, 6.45) is 5.29. The molecular weight excluding hydrogens is 280 g/mol. The summed E-state index contributed by atoms with van der Waals surface area (Å²) < 4.78 is 1.90. The van der Waals surface area contributed by atoms with E-state index < -0.39 is 0 Å². The molecule has 0 saturated carbocycles. The zero-order valence-electron chi connectivity index (χ0n) is 13.5. The summed E-state index contributed by atoms with van der Waals surface area (Å²) in [7, 11) is 4.03. The fraction of sp³-hybridized carbons (Fsp3) is 0.625. The Bertz CT molecular complexity index is 653. The standard InChI is InChI=1S/C16H24N4S/c1-6-11-10(9-20(5)19-11)15-18-13-8-16(2,3)7-12(17-4)14(13)21-15/h9,12,17H,6-8H2,1-5H3. The lowest BCUT2D eigenvalue weighted by Gasteiger charge is -2.34. The van der Waals surface area contributed by atoms with Crippen molar-refractivity contribution in [2.75, 3.05) is 7.05 Å². The third-order valence-corrected chi connectivity index (χ3v) is 5.51. The maximum atomic E-state index is 4.96. The van der Waals surface area contributed by atoms with Crippen molar-refractivity contribution in [3.05, 3.63) is 22.5 Å². The van der Waals surface area contributed by atoms with E-state index in [0.717, 1.165) is 23.5 Å². The normalized spacial score (nSPS) is 20.5. The van der Waals surface area contributed by atoms with Crippen molar-refractivity contribution in [2.45, 2.75) is 46.1 Å². The highest BCUT2D eigenvalue weighted by molar-refractivity contribution is 7.15. The van der Waals surface area contributed by atoms with Crippen LogP contribution in [0.2, 0.25) is 0 Å². The molecule has 1 atom stereocenters. The lowest BCUT2D eigenvalue weighted by Crippen LogP contribution is -2.30. The summed E-state index contributed by atoms with van der Waals surface area (Å²) in [5, 5.41) is 9.14. The monoisotopic (exact) mass is 304 g/mol. The topological polar surface area (TPSA) is 42.7 Å². The highest BCUT2D eigenvalue weighted by Gasteiger charge is 2.34. The Kier molecular flexibility index (Phi) is 3.66. The van der Waals surface area contributed by atoms with Gasteiger partial charge in [-0.15, -0.1) is 11.3 Å². The van der Waals surface area contributed by atoms with E-state index in [-0.39, 0.29) is 0 Å². The molecule has 114 valence electrons. The smallest absolute Gasteiger partial charge is 0.127 e. The molecule has 1 aliphatic carbocycles. The summed E-state index contributed by atoms with van der Waals surface area (Å²) in [5.41, 5.74) is 3.93. The van der Waals surface area contributed by atoms with Crippen LogP contribution in [0.25, 0.3) is 10.6 Å². The van der Waals surface area contributed by atoms with E-state index in [4.69, 9.17) is 4.98 Å². The fourth-order valence-corrected chi connectivity index (χ4v) is 4.48. The van der Waals surface area contributed by atoms with Gasteiger partial charge in [0.05, 0.1) is 17.0 Å². The molecule has 0 bridgehead atoms. The molecule has 0 aliphatic heterocycles. The molecule has 2 aromatic heterocycles. The van der Waals surface area contributed by atoms with Gasteiger partial charge in [0.15, 0.2) is 0 Å².